The number of thioether (sulfide) groups is 1. The highest BCUT2D eigenvalue weighted by atomic mass is 32.2. The highest BCUT2D eigenvalue weighted by Crippen LogP contribution is 2.37. The van der Waals surface area contributed by atoms with Gasteiger partial charge in [-0.1, -0.05) is 12.1 Å². The van der Waals surface area contributed by atoms with Crippen molar-refractivity contribution in [2.45, 2.75) is 29.7 Å². The van der Waals surface area contributed by atoms with Crippen molar-refractivity contribution < 1.29 is 22.8 Å². The molecule has 1 aliphatic carbocycles. The minimum Gasteiger partial charge on any atom is -0.300 e. The zero-order valence-corrected chi connectivity index (χ0v) is 10.7. The van der Waals surface area contributed by atoms with E-state index in [0.717, 1.165) is 0 Å². The van der Waals surface area contributed by atoms with Gasteiger partial charge in [0.25, 0.3) is 0 Å². The molecule has 1 unspecified atom stereocenters. The fourth-order valence-electron chi connectivity index (χ4n) is 2.09. The molecule has 0 saturated heterocycles. The summed E-state index contributed by atoms with van der Waals surface area (Å²) < 4.78 is 36.4. The first kappa shape index (κ1) is 14.1. The summed E-state index contributed by atoms with van der Waals surface area (Å²) in [6.45, 7) is 0. The van der Waals surface area contributed by atoms with Gasteiger partial charge in [-0.3, -0.25) is 9.59 Å². The van der Waals surface area contributed by atoms with Crippen molar-refractivity contribution in [2.75, 3.05) is 0 Å². The van der Waals surface area contributed by atoms with Gasteiger partial charge in [-0.05, 0) is 30.3 Å². The summed E-state index contributed by atoms with van der Waals surface area (Å²) in [5.74, 6) is -0.398. The third kappa shape index (κ3) is 3.83. The van der Waals surface area contributed by atoms with E-state index in [0.29, 0.717) is 18.4 Å². The van der Waals surface area contributed by atoms with Gasteiger partial charge in [0.2, 0.25) is 0 Å². The number of halogens is 3. The molecule has 0 spiro atoms. The van der Waals surface area contributed by atoms with Crippen LogP contribution in [0.4, 0.5) is 13.2 Å². The molecule has 0 amide bonds. The normalized spacial score (nSPS) is 19.7. The highest BCUT2D eigenvalue weighted by molar-refractivity contribution is 8.00. The summed E-state index contributed by atoms with van der Waals surface area (Å²) in [5.41, 5.74) is -3.96. The maximum Gasteiger partial charge on any atom is 0.446 e. The lowest BCUT2D eigenvalue weighted by molar-refractivity contribution is -0.117. The van der Waals surface area contributed by atoms with Crippen LogP contribution in [0.1, 0.15) is 29.6 Å². The second kappa shape index (κ2) is 5.36. The van der Waals surface area contributed by atoms with Crippen molar-refractivity contribution in [3.8, 4) is 0 Å². The Balaban J connectivity index is 2.06. The van der Waals surface area contributed by atoms with E-state index < -0.39 is 5.51 Å². The van der Waals surface area contributed by atoms with Gasteiger partial charge in [-0.2, -0.15) is 13.2 Å². The molecule has 0 bridgehead atoms. The first-order valence-corrected chi connectivity index (χ1v) is 6.58. The number of rotatable bonds is 3. The van der Waals surface area contributed by atoms with E-state index in [4.69, 9.17) is 0 Å². The highest BCUT2D eigenvalue weighted by Gasteiger charge is 2.30. The molecule has 1 saturated carbocycles. The molecule has 0 N–H and O–H groups in total. The van der Waals surface area contributed by atoms with E-state index in [-0.39, 0.29) is 40.6 Å². The lowest BCUT2D eigenvalue weighted by Crippen LogP contribution is -2.11. The number of benzene rings is 1. The SMILES string of the molecule is O=C1CCC(C(=O)c2ccc(SC(F)(F)F)cc2)C1. The molecule has 1 fully saturated rings. The minimum atomic E-state index is -4.33. The Labute approximate surface area is 112 Å². The first-order valence-electron chi connectivity index (χ1n) is 5.77. The average molecular weight is 288 g/mol. The van der Waals surface area contributed by atoms with Gasteiger partial charge in [0.05, 0.1) is 0 Å². The molecule has 1 atom stereocenters. The Bertz CT molecular complexity index is 494. The van der Waals surface area contributed by atoms with Crippen LogP contribution in [-0.4, -0.2) is 17.1 Å². The van der Waals surface area contributed by atoms with Gasteiger partial charge < -0.3 is 0 Å². The van der Waals surface area contributed by atoms with Gasteiger partial charge in [-0.25, -0.2) is 0 Å². The predicted octanol–water partition coefficient (Wildman–Crippen LogP) is 3.85. The summed E-state index contributed by atoms with van der Waals surface area (Å²) in [6, 6.07) is 5.34. The fourth-order valence-corrected chi connectivity index (χ4v) is 2.63. The van der Waals surface area contributed by atoms with E-state index in [1.165, 1.54) is 24.3 Å². The van der Waals surface area contributed by atoms with Crippen LogP contribution < -0.4 is 0 Å². The molecule has 1 aromatic carbocycles. The molecule has 6 heteroatoms. The zero-order chi connectivity index (χ0) is 14.0. The van der Waals surface area contributed by atoms with Crippen molar-refractivity contribution in [2.24, 2.45) is 5.92 Å². The summed E-state index contributed by atoms with van der Waals surface area (Å²) >= 11 is -0.212. The third-order valence-corrected chi connectivity index (χ3v) is 3.73. The summed E-state index contributed by atoms with van der Waals surface area (Å²) in [5, 5.41) is 0. The van der Waals surface area contributed by atoms with Crippen LogP contribution in [0.15, 0.2) is 29.2 Å². The molecule has 102 valence electrons. The lowest BCUT2D eigenvalue weighted by atomic mass is 9.96. The van der Waals surface area contributed by atoms with E-state index >= 15 is 0 Å². The number of alkyl halides is 3. The number of Topliss-reactive ketones (excluding diaryl/α,β-unsaturated/α-hetero) is 2. The molecule has 1 aromatic rings. The van der Waals surface area contributed by atoms with Crippen molar-refractivity contribution >= 4 is 23.3 Å². The largest absolute Gasteiger partial charge is 0.446 e. The van der Waals surface area contributed by atoms with Gasteiger partial charge in [0.15, 0.2) is 5.78 Å². The van der Waals surface area contributed by atoms with Crippen molar-refractivity contribution in [3.63, 3.8) is 0 Å². The number of carbonyl (C=O) groups is 2. The van der Waals surface area contributed by atoms with E-state index in [1.807, 2.05) is 0 Å². The molecular formula is C13H11F3O2S. The molecule has 0 aliphatic heterocycles. The molecule has 0 radical (unpaired) electrons. The average Bonchev–Trinajstić information content (AvgIpc) is 2.74. The maximum absolute atomic E-state index is 12.1. The molecule has 1 aliphatic rings. The van der Waals surface area contributed by atoms with E-state index in [9.17, 15) is 22.8 Å². The molecule has 0 heterocycles. The molecule has 2 nitrogen and oxygen atoms in total. The maximum atomic E-state index is 12.1. The van der Waals surface area contributed by atoms with Gasteiger partial charge in [0.1, 0.15) is 5.78 Å². The molecular weight excluding hydrogens is 277 g/mol. The molecule has 19 heavy (non-hydrogen) atoms. The standard InChI is InChI=1S/C13H11F3O2S/c14-13(15,16)19-11-5-2-8(3-6-11)12(18)9-1-4-10(17)7-9/h2-3,5-6,9H,1,4,7H2. The van der Waals surface area contributed by atoms with Crippen molar-refractivity contribution in [1.29, 1.82) is 0 Å². The molecule has 0 aromatic heterocycles. The minimum absolute atomic E-state index is 0.0477. The van der Waals surface area contributed by atoms with Crippen molar-refractivity contribution in [3.05, 3.63) is 29.8 Å². The Hall–Kier alpha value is -1.30. The smallest absolute Gasteiger partial charge is 0.300 e. The van der Waals surface area contributed by atoms with Crippen LogP contribution in [-0.2, 0) is 4.79 Å². The van der Waals surface area contributed by atoms with Gasteiger partial charge in [0, 0.05) is 29.2 Å². The predicted molar refractivity (Wildman–Crippen MR) is 65.0 cm³/mol. The molecule has 2 rings (SSSR count). The fraction of sp³-hybridized carbons (Fsp3) is 0.385. The van der Waals surface area contributed by atoms with E-state index in [1.54, 1.807) is 0 Å². The summed E-state index contributed by atoms with van der Waals surface area (Å²) in [6.07, 6.45) is 1.20. The Morgan fingerprint density at radius 3 is 2.32 bits per heavy atom. The topological polar surface area (TPSA) is 34.1 Å². The monoisotopic (exact) mass is 288 g/mol. The van der Waals surface area contributed by atoms with Crippen LogP contribution >= 0.6 is 11.8 Å². The first-order chi connectivity index (χ1) is 8.85. The Morgan fingerprint density at radius 1 is 1.21 bits per heavy atom. The number of carbonyl (C=O) groups excluding carboxylic acids is 2. The van der Waals surface area contributed by atoms with Gasteiger partial charge >= 0.3 is 5.51 Å². The van der Waals surface area contributed by atoms with E-state index in [2.05, 4.69) is 0 Å². The van der Waals surface area contributed by atoms with Crippen LogP contribution in [0.5, 0.6) is 0 Å². The Kier molecular flexibility index (Phi) is 3.99. The number of ketones is 2. The van der Waals surface area contributed by atoms with Crippen molar-refractivity contribution in [1.82, 2.24) is 0 Å². The number of hydrogen-bond acceptors (Lipinski definition) is 3. The lowest BCUT2D eigenvalue weighted by Gasteiger charge is -2.09. The van der Waals surface area contributed by atoms with Gasteiger partial charge in [-0.15, -0.1) is 0 Å². The summed E-state index contributed by atoms with van der Waals surface area (Å²) in [7, 11) is 0. The third-order valence-electron chi connectivity index (χ3n) is 2.99. The second-order valence-corrected chi connectivity index (χ2v) is 5.55. The van der Waals surface area contributed by atoms with Crippen LogP contribution in [0.2, 0.25) is 0 Å². The van der Waals surface area contributed by atoms with Crippen LogP contribution in [0.3, 0.4) is 0 Å². The van der Waals surface area contributed by atoms with Crippen LogP contribution in [0, 0.1) is 5.92 Å². The quantitative estimate of drug-likeness (QED) is 0.626. The second-order valence-electron chi connectivity index (χ2n) is 4.41. The number of hydrogen-bond donors (Lipinski definition) is 0. The van der Waals surface area contributed by atoms with Crippen LogP contribution in [0.25, 0.3) is 0 Å². The Morgan fingerprint density at radius 2 is 1.84 bits per heavy atom. The zero-order valence-electron chi connectivity index (χ0n) is 9.87. The summed E-state index contributed by atoms with van der Waals surface area (Å²) in [4.78, 5) is 23.2.